The van der Waals surface area contributed by atoms with Gasteiger partial charge >= 0.3 is 0 Å². The molecular weight excluding hydrogens is 262 g/mol. The number of amides is 1. The van der Waals surface area contributed by atoms with Gasteiger partial charge in [-0.15, -0.1) is 0 Å². The molecule has 4 nitrogen and oxygen atoms in total. The first-order chi connectivity index (χ1) is 10.0. The van der Waals surface area contributed by atoms with Crippen LogP contribution < -0.4 is 5.73 Å². The monoisotopic (exact) mass is 291 g/mol. The maximum atomic E-state index is 12.6. The minimum Gasteiger partial charge on any atom is -0.399 e. The molecule has 0 aliphatic carbocycles. The Morgan fingerprint density at radius 3 is 2.33 bits per heavy atom. The van der Waals surface area contributed by atoms with Crippen LogP contribution in [0.4, 0.5) is 5.69 Å². The summed E-state index contributed by atoms with van der Waals surface area (Å²) in [5.74, 6) is 0.0850. The minimum absolute atomic E-state index is 0.0850. The van der Waals surface area contributed by atoms with Crippen molar-refractivity contribution in [1.82, 2.24) is 9.80 Å². The molecule has 0 aromatic heterocycles. The average Bonchev–Trinajstić information content (AvgIpc) is 2.49. The van der Waals surface area contributed by atoms with Gasteiger partial charge in [0.2, 0.25) is 0 Å². The van der Waals surface area contributed by atoms with Crippen LogP contribution in [0, 0.1) is 6.92 Å². The van der Waals surface area contributed by atoms with Crippen LogP contribution >= 0.6 is 0 Å². The van der Waals surface area contributed by atoms with E-state index in [4.69, 9.17) is 5.73 Å². The Morgan fingerprint density at radius 1 is 1.10 bits per heavy atom. The van der Waals surface area contributed by atoms with E-state index in [1.54, 1.807) is 6.07 Å². The van der Waals surface area contributed by atoms with Crippen LogP contribution in [0.25, 0.3) is 0 Å². The van der Waals surface area contributed by atoms with Gasteiger partial charge in [0.25, 0.3) is 5.91 Å². The fourth-order valence-corrected chi connectivity index (χ4v) is 2.47. The number of aryl methyl sites for hydroxylation is 1. The second kappa shape index (κ2) is 8.67. The van der Waals surface area contributed by atoms with E-state index in [1.165, 1.54) is 0 Å². The lowest BCUT2D eigenvalue weighted by Crippen LogP contribution is -2.34. The SMILES string of the molecule is CCN(CC)CCCN(CC)C(=O)c1cc(N)ccc1C. The number of carbonyl (C=O) groups is 1. The molecule has 1 aromatic carbocycles. The van der Waals surface area contributed by atoms with Crippen molar-refractivity contribution in [3.8, 4) is 0 Å². The third kappa shape index (κ3) is 5.05. The third-order valence-electron chi connectivity index (χ3n) is 3.96. The van der Waals surface area contributed by atoms with E-state index in [0.717, 1.165) is 50.3 Å². The summed E-state index contributed by atoms with van der Waals surface area (Å²) in [4.78, 5) is 16.9. The lowest BCUT2D eigenvalue weighted by molar-refractivity contribution is 0.0757. The number of hydrogen-bond donors (Lipinski definition) is 1. The normalized spacial score (nSPS) is 10.9. The number of hydrogen-bond acceptors (Lipinski definition) is 3. The van der Waals surface area contributed by atoms with Crippen LogP contribution in [-0.4, -0.2) is 48.4 Å². The van der Waals surface area contributed by atoms with Crippen molar-refractivity contribution >= 4 is 11.6 Å². The molecule has 118 valence electrons. The fraction of sp³-hybridized carbons (Fsp3) is 0.588. The Morgan fingerprint density at radius 2 is 1.76 bits per heavy atom. The van der Waals surface area contributed by atoms with Gasteiger partial charge in [-0.25, -0.2) is 0 Å². The molecule has 0 aliphatic heterocycles. The van der Waals surface area contributed by atoms with Crippen molar-refractivity contribution in [2.75, 3.05) is 38.5 Å². The van der Waals surface area contributed by atoms with E-state index >= 15 is 0 Å². The average molecular weight is 291 g/mol. The van der Waals surface area contributed by atoms with Gasteiger partial charge in [-0.05, 0) is 57.6 Å². The summed E-state index contributed by atoms with van der Waals surface area (Å²) in [5, 5.41) is 0. The molecule has 0 radical (unpaired) electrons. The number of anilines is 1. The Hall–Kier alpha value is -1.55. The van der Waals surface area contributed by atoms with Crippen molar-refractivity contribution in [3.63, 3.8) is 0 Å². The number of nitrogens with two attached hydrogens (primary N) is 1. The first kappa shape index (κ1) is 17.5. The minimum atomic E-state index is 0.0850. The Balaban J connectivity index is 2.67. The zero-order valence-electron chi connectivity index (χ0n) is 13.9. The van der Waals surface area contributed by atoms with E-state index in [2.05, 4.69) is 18.7 Å². The molecule has 0 spiro atoms. The van der Waals surface area contributed by atoms with Crippen LogP contribution in [0.5, 0.6) is 0 Å². The van der Waals surface area contributed by atoms with Gasteiger partial charge in [-0.3, -0.25) is 4.79 Å². The van der Waals surface area contributed by atoms with E-state index < -0.39 is 0 Å². The zero-order chi connectivity index (χ0) is 15.8. The third-order valence-corrected chi connectivity index (χ3v) is 3.96. The highest BCUT2D eigenvalue weighted by Gasteiger charge is 2.16. The van der Waals surface area contributed by atoms with Crippen LogP contribution in [0.15, 0.2) is 18.2 Å². The highest BCUT2D eigenvalue weighted by molar-refractivity contribution is 5.96. The first-order valence-corrected chi connectivity index (χ1v) is 7.91. The van der Waals surface area contributed by atoms with Crippen molar-refractivity contribution < 1.29 is 4.79 Å². The lowest BCUT2D eigenvalue weighted by Gasteiger charge is -2.24. The van der Waals surface area contributed by atoms with Gasteiger partial charge in [0, 0.05) is 24.3 Å². The summed E-state index contributed by atoms with van der Waals surface area (Å²) >= 11 is 0. The number of rotatable bonds is 8. The van der Waals surface area contributed by atoms with Gasteiger partial charge < -0.3 is 15.5 Å². The molecule has 0 saturated heterocycles. The van der Waals surface area contributed by atoms with E-state index in [-0.39, 0.29) is 5.91 Å². The number of carbonyl (C=O) groups excluding carboxylic acids is 1. The number of nitrogens with zero attached hydrogens (tertiary/aromatic N) is 2. The summed E-state index contributed by atoms with van der Waals surface area (Å²) in [6, 6.07) is 5.53. The molecule has 0 unspecified atom stereocenters. The molecule has 0 heterocycles. The molecular formula is C17H29N3O. The highest BCUT2D eigenvalue weighted by Crippen LogP contribution is 2.15. The summed E-state index contributed by atoms with van der Waals surface area (Å²) in [6.45, 7) is 13.0. The van der Waals surface area contributed by atoms with E-state index in [1.807, 2.05) is 30.9 Å². The van der Waals surface area contributed by atoms with Gasteiger partial charge in [0.15, 0.2) is 0 Å². The highest BCUT2D eigenvalue weighted by atomic mass is 16.2. The number of benzene rings is 1. The quantitative estimate of drug-likeness (QED) is 0.749. The standard InChI is InChI=1S/C17H29N3O/c1-5-19(6-2)11-8-12-20(7-3)17(21)16-13-15(18)10-9-14(16)4/h9-10,13H,5-8,11-12,18H2,1-4H3. The Labute approximate surface area is 128 Å². The Bertz CT molecular complexity index is 455. The van der Waals surface area contributed by atoms with Crippen LogP contribution in [0.3, 0.4) is 0 Å². The fourth-order valence-electron chi connectivity index (χ4n) is 2.47. The summed E-state index contributed by atoms with van der Waals surface area (Å²) in [6.07, 6.45) is 1.00. The second-order valence-corrected chi connectivity index (χ2v) is 5.34. The topological polar surface area (TPSA) is 49.6 Å². The van der Waals surface area contributed by atoms with Gasteiger partial charge in [-0.2, -0.15) is 0 Å². The maximum absolute atomic E-state index is 12.6. The summed E-state index contributed by atoms with van der Waals surface area (Å²) in [5.41, 5.74) is 8.15. The second-order valence-electron chi connectivity index (χ2n) is 5.34. The zero-order valence-corrected chi connectivity index (χ0v) is 13.9. The smallest absolute Gasteiger partial charge is 0.254 e. The van der Waals surface area contributed by atoms with Crippen molar-refractivity contribution in [1.29, 1.82) is 0 Å². The maximum Gasteiger partial charge on any atom is 0.254 e. The molecule has 0 saturated carbocycles. The summed E-state index contributed by atoms with van der Waals surface area (Å²) < 4.78 is 0. The van der Waals surface area contributed by atoms with Crippen molar-refractivity contribution in [2.24, 2.45) is 0 Å². The Kier molecular flexibility index (Phi) is 7.23. The predicted octanol–water partition coefficient (Wildman–Crippen LogP) is 2.77. The molecule has 1 rings (SSSR count). The molecule has 1 aromatic rings. The van der Waals surface area contributed by atoms with E-state index in [0.29, 0.717) is 5.69 Å². The molecule has 0 bridgehead atoms. The van der Waals surface area contributed by atoms with E-state index in [9.17, 15) is 4.79 Å². The van der Waals surface area contributed by atoms with Crippen molar-refractivity contribution in [3.05, 3.63) is 29.3 Å². The van der Waals surface area contributed by atoms with Gasteiger partial charge in [0.1, 0.15) is 0 Å². The number of nitrogen functional groups attached to an aromatic ring is 1. The molecule has 0 aliphatic rings. The lowest BCUT2D eigenvalue weighted by atomic mass is 10.1. The summed E-state index contributed by atoms with van der Waals surface area (Å²) in [7, 11) is 0. The van der Waals surface area contributed by atoms with Crippen molar-refractivity contribution in [2.45, 2.75) is 34.1 Å². The molecule has 21 heavy (non-hydrogen) atoms. The molecule has 1 amide bonds. The molecule has 4 heteroatoms. The molecule has 0 fully saturated rings. The van der Waals surface area contributed by atoms with Gasteiger partial charge in [0.05, 0.1) is 0 Å². The molecule has 0 atom stereocenters. The first-order valence-electron chi connectivity index (χ1n) is 7.91. The predicted molar refractivity (Wildman–Crippen MR) is 89.6 cm³/mol. The van der Waals surface area contributed by atoms with Crippen LogP contribution in [-0.2, 0) is 0 Å². The van der Waals surface area contributed by atoms with Crippen LogP contribution in [0.2, 0.25) is 0 Å². The largest absolute Gasteiger partial charge is 0.399 e. The van der Waals surface area contributed by atoms with Gasteiger partial charge in [-0.1, -0.05) is 19.9 Å². The molecule has 2 N–H and O–H groups in total. The van der Waals surface area contributed by atoms with Crippen LogP contribution in [0.1, 0.15) is 43.1 Å².